The molecule has 1 atom stereocenters. The Kier molecular flexibility index (Phi) is 5.66. The fourth-order valence-electron chi connectivity index (χ4n) is 2.06. The van der Waals surface area contributed by atoms with Crippen molar-refractivity contribution in [3.63, 3.8) is 0 Å². The zero-order valence-electron chi connectivity index (χ0n) is 11.5. The zero-order valence-corrected chi connectivity index (χ0v) is 11.5. The number of rotatable bonds is 6. The van der Waals surface area contributed by atoms with Crippen LogP contribution in [0.2, 0.25) is 0 Å². The Balaban J connectivity index is 2.83. The molecule has 0 bridgehead atoms. The lowest BCUT2D eigenvalue weighted by molar-refractivity contribution is -0.136. The van der Waals surface area contributed by atoms with Crippen molar-refractivity contribution >= 4 is 0 Å². The van der Waals surface area contributed by atoms with Gasteiger partial charge in [-0.1, -0.05) is 19.1 Å². The van der Waals surface area contributed by atoms with E-state index in [0.717, 1.165) is 16.9 Å². The third-order valence-corrected chi connectivity index (χ3v) is 2.99. The van der Waals surface area contributed by atoms with Crippen LogP contribution >= 0.6 is 0 Å². The minimum Gasteiger partial charge on any atom is -0.496 e. The van der Waals surface area contributed by atoms with Crippen LogP contribution in [0.5, 0.6) is 5.75 Å². The molecule has 0 aliphatic rings. The van der Waals surface area contributed by atoms with Crippen LogP contribution in [-0.2, 0) is 0 Å². The summed E-state index contributed by atoms with van der Waals surface area (Å²) in [6.07, 6.45) is -4.85. The van der Waals surface area contributed by atoms with Gasteiger partial charge in [0.1, 0.15) is 5.75 Å². The smallest absolute Gasteiger partial charge is 0.389 e. The fraction of sp³-hybridized carbons (Fsp3) is 0.571. The van der Waals surface area contributed by atoms with Crippen molar-refractivity contribution in [2.75, 3.05) is 13.7 Å². The van der Waals surface area contributed by atoms with E-state index in [1.165, 1.54) is 0 Å². The van der Waals surface area contributed by atoms with Crippen LogP contribution < -0.4 is 10.1 Å². The number of hydrogen-bond acceptors (Lipinski definition) is 2. The predicted molar refractivity (Wildman–Crippen MR) is 69.4 cm³/mol. The van der Waals surface area contributed by atoms with Gasteiger partial charge in [0.05, 0.1) is 7.11 Å². The number of ether oxygens (including phenoxy) is 1. The Bertz CT molecular complexity index is 404. The van der Waals surface area contributed by atoms with Crippen LogP contribution in [0.15, 0.2) is 18.2 Å². The first-order valence-electron chi connectivity index (χ1n) is 6.32. The summed E-state index contributed by atoms with van der Waals surface area (Å²) in [5.74, 6) is 0.745. The summed E-state index contributed by atoms with van der Waals surface area (Å²) in [5.41, 5.74) is 1.79. The van der Waals surface area contributed by atoms with Crippen molar-refractivity contribution in [3.05, 3.63) is 29.3 Å². The molecule has 0 saturated heterocycles. The molecule has 19 heavy (non-hydrogen) atoms. The van der Waals surface area contributed by atoms with Crippen LogP contribution in [-0.4, -0.2) is 19.8 Å². The molecule has 0 aliphatic heterocycles. The molecule has 1 N–H and O–H groups in total. The Hall–Kier alpha value is -1.23. The summed E-state index contributed by atoms with van der Waals surface area (Å²) in [6.45, 7) is 4.40. The molecule has 0 aliphatic carbocycles. The van der Waals surface area contributed by atoms with E-state index < -0.39 is 12.6 Å². The van der Waals surface area contributed by atoms with E-state index in [2.05, 4.69) is 5.32 Å². The zero-order chi connectivity index (χ0) is 14.5. The van der Waals surface area contributed by atoms with Crippen LogP contribution in [0.25, 0.3) is 0 Å². The van der Waals surface area contributed by atoms with Gasteiger partial charge in [0.2, 0.25) is 0 Å². The van der Waals surface area contributed by atoms with Crippen LogP contribution in [0, 0.1) is 6.92 Å². The monoisotopic (exact) mass is 275 g/mol. The number of hydrogen-bond donors (Lipinski definition) is 1. The highest BCUT2D eigenvalue weighted by Crippen LogP contribution is 2.29. The lowest BCUT2D eigenvalue weighted by atomic mass is 9.99. The summed E-state index contributed by atoms with van der Waals surface area (Å²) in [6, 6.07) is 5.21. The van der Waals surface area contributed by atoms with Gasteiger partial charge in [-0.3, -0.25) is 0 Å². The molecule has 2 nitrogen and oxygen atoms in total. The third-order valence-electron chi connectivity index (χ3n) is 2.99. The molecule has 1 aromatic carbocycles. The van der Waals surface area contributed by atoms with E-state index in [-0.39, 0.29) is 12.5 Å². The molecule has 1 unspecified atom stereocenters. The molecular weight excluding hydrogens is 255 g/mol. The fourth-order valence-corrected chi connectivity index (χ4v) is 2.06. The van der Waals surface area contributed by atoms with Crippen LogP contribution in [0.4, 0.5) is 13.2 Å². The number of nitrogens with one attached hydrogen (secondary N) is 1. The number of aryl methyl sites for hydroxylation is 1. The van der Waals surface area contributed by atoms with Gasteiger partial charge in [-0.15, -0.1) is 0 Å². The maximum atomic E-state index is 12.3. The summed E-state index contributed by atoms with van der Waals surface area (Å²) < 4.78 is 42.1. The minimum absolute atomic E-state index is 0.0448. The SMILES string of the molecule is CCNC(CCC(F)(F)F)c1ccc(OC)c(C)c1. The first-order chi connectivity index (χ1) is 8.87. The Morgan fingerprint density at radius 2 is 2.00 bits per heavy atom. The van der Waals surface area contributed by atoms with Crippen molar-refractivity contribution in [1.82, 2.24) is 5.32 Å². The van der Waals surface area contributed by atoms with Gasteiger partial charge in [-0.05, 0) is 37.1 Å². The van der Waals surface area contributed by atoms with E-state index in [0.29, 0.717) is 6.54 Å². The van der Waals surface area contributed by atoms with Crippen LogP contribution in [0.3, 0.4) is 0 Å². The third kappa shape index (κ3) is 5.11. The molecular formula is C14H20F3NO. The number of benzene rings is 1. The normalized spacial score (nSPS) is 13.4. The summed E-state index contributed by atoms with van der Waals surface area (Å²) in [4.78, 5) is 0. The standard InChI is InChI=1S/C14H20F3NO/c1-4-18-12(7-8-14(15,16)17)11-5-6-13(19-3)10(2)9-11/h5-6,9,12,18H,4,7-8H2,1-3H3. The molecule has 108 valence electrons. The highest BCUT2D eigenvalue weighted by atomic mass is 19.4. The largest absolute Gasteiger partial charge is 0.496 e. The Labute approximate surface area is 112 Å². The summed E-state index contributed by atoms with van der Waals surface area (Å²) >= 11 is 0. The molecule has 1 aromatic rings. The van der Waals surface area contributed by atoms with Gasteiger partial charge in [0.25, 0.3) is 0 Å². The maximum absolute atomic E-state index is 12.3. The van der Waals surface area contributed by atoms with Gasteiger partial charge in [-0.25, -0.2) is 0 Å². The van der Waals surface area contributed by atoms with Crippen molar-refractivity contribution in [1.29, 1.82) is 0 Å². The highest BCUT2D eigenvalue weighted by molar-refractivity contribution is 5.37. The van der Waals surface area contributed by atoms with E-state index in [1.807, 2.05) is 26.0 Å². The number of alkyl halides is 3. The average molecular weight is 275 g/mol. The van der Waals surface area contributed by atoms with Gasteiger partial charge >= 0.3 is 6.18 Å². The van der Waals surface area contributed by atoms with Crippen molar-refractivity contribution < 1.29 is 17.9 Å². The van der Waals surface area contributed by atoms with E-state index in [4.69, 9.17) is 4.74 Å². The number of methoxy groups -OCH3 is 1. The van der Waals surface area contributed by atoms with Gasteiger partial charge in [0, 0.05) is 12.5 Å². The molecule has 0 amide bonds. The maximum Gasteiger partial charge on any atom is 0.389 e. The quantitative estimate of drug-likeness (QED) is 0.847. The Morgan fingerprint density at radius 1 is 1.32 bits per heavy atom. The van der Waals surface area contributed by atoms with E-state index >= 15 is 0 Å². The lowest BCUT2D eigenvalue weighted by Gasteiger charge is -2.20. The second-order valence-electron chi connectivity index (χ2n) is 4.49. The van der Waals surface area contributed by atoms with E-state index in [9.17, 15) is 13.2 Å². The molecule has 0 fully saturated rings. The average Bonchev–Trinajstić information content (AvgIpc) is 2.33. The molecule has 5 heteroatoms. The molecule has 0 radical (unpaired) electrons. The van der Waals surface area contributed by atoms with Gasteiger partial charge < -0.3 is 10.1 Å². The summed E-state index contributed by atoms with van der Waals surface area (Å²) in [7, 11) is 1.58. The lowest BCUT2D eigenvalue weighted by Crippen LogP contribution is -2.23. The van der Waals surface area contributed by atoms with Gasteiger partial charge in [0.15, 0.2) is 0 Å². The van der Waals surface area contributed by atoms with Crippen molar-refractivity contribution in [3.8, 4) is 5.75 Å². The number of halogens is 3. The molecule has 1 rings (SSSR count). The first-order valence-corrected chi connectivity index (χ1v) is 6.32. The topological polar surface area (TPSA) is 21.3 Å². The minimum atomic E-state index is -4.12. The summed E-state index contributed by atoms with van der Waals surface area (Å²) in [5, 5.41) is 3.10. The second-order valence-corrected chi connectivity index (χ2v) is 4.49. The van der Waals surface area contributed by atoms with Crippen molar-refractivity contribution in [2.24, 2.45) is 0 Å². The van der Waals surface area contributed by atoms with E-state index in [1.54, 1.807) is 13.2 Å². The van der Waals surface area contributed by atoms with Crippen molar-refractivity contribution in [2.45, 2.75) is 38.9 Å². The molecule has 0 heterocycles. The molecule has 0 aromatic heterocycles. The first kappa shape index (κ1) is 15.8. The molecule has 0 saturated carbocycles. The second kappa shape index (κ2) is 6.80. The Morgan fingerprint density at radius 3 is 2.47 bits per heavy atom. The van der Waals surface area contributed by atoms with Crippen LogP contribution in [0.1, 0.15) is 36.9 Å². The predicted octanol–water partition coefficient (Wildman–Crippen LogP) is 4.00. The van der Waals surface area contributed by atoms with Gasteiger partial charge in [-0.2, -0.15) is 13.2 Å². The highest BCUT2D eigenvalue weighted by Gasteiger charge is 2.28. The molecule has 0 spiro atoms.